The monoisotopic (exact) mass is 264 g/mol. The number of thiazole rings is 1. The van der Waals surface area contributed by atoms with Gasteiger partial charge in [-0.25, -0.2) is 9.78 Å². The number of carboxylic acids is 1. The highest BCUT2D eigenvalue weighted by atomic mass is 32.1. The van der Waals surface area contributed by atoms with Gasteiger partial charge in [0.15, 0.2) is 0 Å². The van der Waals surface area contributed by atoms with Crippen molar-refractivity contribution in [1.29, 1.82) is 0 Å². The minimum atomic E-state index is -0.975. The molecule has 2 aromatic rings. The highest BCUT2D eigenvalue weighted by molar-refractivity contribution is 7.14. The van der Waals surface area contributed by atoms with E-state index in [-0.39, 0.29) is 4.88 Å². The van der Waals surface area contributed by atoms with Gasteiger partial charge in [-0.05, 0) is 12.1 Å². The summed E-state index contributed by atoms with van der Waals surface area (Å²) in [7, 11) is 1.60. The average molecular weight is 264 g/mol. The van der Waals surface area contributed by atoms with E-state index in [2.05, 4.69) is 9.97 Å². The van der Waals surface area contributed by atoms with Crippen molar-refractivity contribution >= 4 is 17.3 Å². The van der Waals surface area contributed by atoms with Gasteiger partial charge in [0.05, 0.1) is 17.3 Å². The molecule has 18 heavy (non-hydrogen) atoms. The van der Waals surface area contributed by atoms with Gasteiger partial charge in [0.1, 0.15) is 10.6 Å². The largest absolute Gasteiger partial charge is 0.477 e. The number of ether oxygens (including phenoxy) is 1. The molecule has 0 aromatic carbocycles. The van der Waals surface area contributed by atoms with E-state index in [1.807, 2.05) is 6.07 Å². The van der Waals surface area contributed by atoms with Crippen LogP contribution in [0.5, 0.6) is 0 Å². The lowest BCUT2D eigenvalue weighted by molar-refractivity contribution is 0.0702. The highest BCUT2D eigenvalue weighted by Crippen LogP contribution is 2.27. The molecule has 2 heterocycles. The van der Waals surface area contributed by atoms with Crippen molar-refractivity contribution in [3.05, 3.63) is 34.3 Å². The maximum atomic E-state index is 11.2. The van der Waals surface area contributed by atoms with Crippen LogP contribution in [-0.4, -0.2) is 34.8 Å². The zero-order chi connectivity index (χ0) is 13.0. The van der Waals surface area contributed by atoms with Gasteiger partial charge in [0.25, 0.3) is 0 Å². The highest BCUT2D eigenvalue weighted by Gasteiger charge is 2.19. The van der Waals surface area contributed by atoms with Crippen molar-refractivity contribution < 1.29 is 14.6 Å². The second-order valence-corrected chi connectivity index (χ2v) is 4.63. The summed E-state index contributed by atoms with van der Waals surface area (Å²) >= 11 is 1.17. The van der Waals surface area contributed by atoms with Gasteiger partial charge in [-0.2, -0.15) is 0 Å². The number of carbonyl (C=O) groups is 1. The Morgan fingerprint density at radius 3 is 2.94 bits per heavy atom. The molecule has 2 aromatic heterocycles. The first-order chi connectivity index (χ1) is 8.72. The van der Waals surface area contributed by atoms with Crippen LogP contribution < -0.4 is 0 Å². The molecule has 0 amide bonds. The summed E-state index contributed by atoms with van der Waals surface area (Å²) in [6, 6.07) is 5.34. The van der Waals surface area contributed by atoms with Crippen LogP contribution in [-0.2, 0) is 11.2 Å². The van der Waals surface area contributed by atoms with E-state index in [1.54, 1.807) is 25.4 Å². The molecule has 0 spiro atoms. The summed E-state index contributed by atoms with van der Waals surface area (Å²) in [5.74, 6) is -0.975. The smallest absolute Gasteiger partial charge is 0.348 e. The van der Waals surface area contributed by atoms with Crippen LogP contribution in [0.15, 0.2) is 24.4 Å². The molecule has 0 saturated carbocycles. The third kappa shape index (κ3) is 2.72. The van der Waals surface area contributed by atoms with E-state index in [0.717, 1.165) is 5.01 Å². The zero-order valence-corrected chi connectivity index (χ0v) is 10.6. The van der Waals surface area contributed by atoms with Gasteiger partial charge in [-0.3, -0.25) is 4.98 Å². The molecule has 6 heteroatoms. The topological polar surface area (TPSA) is 72.3 Å². The summed E-state index contributed by atoms with van der Waals surface area (Å²) in [5.41, 5.74) is 1.01. The molecular formula is C12H12N2O3S. The van der Waals surface area contributed by atoms with Crippen LogP contribution in [0.1, 0.15) is 14.7 Å². The quantitative estimate of drug-likeness (QED) is 0.895. The molecule has 2 rings (SSSR count). The minimum absolute atomic E-state index is 0.222. The van der Waals surface area contributed by atoms with Crippen molar-refractivity contribution in [2.45, 2.75) is 6.42 Å². The summed E-state index contributed by atoms with van der Waals surface area (Å²) in [4.78, 5) is 19.9. The summed E-state index contributed by atoms with van der Waals surface area (Å²) in [6.45, 7) is 0.522. The van der Waals surface area contributed by atoms with E-state index >= 15 is 0 Å². The second kappa shape index (κ2) is 5.70. The van der Waals surface area contributed by atoms with Crippen LogP contribution in [0.4, 0.5) is 0 Å². The van der Waals surface area contributed by atoms with Gasteiger partial charge >= 0.3 is 5.97 Å². The minimum Gasteiger partial charge on any atom is -0.477 e. The maximum Gasteiger partial charge on any atom is 0.348 e. The van der Waals surface area contributed by atoms with Crippen LogP contribution in [0.2, 0.25) is 0 Å². The molecule has 0 atom stereocenters. The molecular weight excluding hydrogens is 252 g/mol. The summed E-state index contributed by atoms with van der Waals surface area (Å²) in [6.07, 6.45) is 2.23. The summed E-state index contributed by atoms with van der Waals surface area (Å²) < 4.78 is 4.96. The molecule has 0 radical (unpaired) electrons. The first kappa shape index (κ1) is 12.7. The number of rotatable bonds is 5. The van der Waals surface area contributed by atoms with E-state index in [1.165, 1.54) is 11.3 Å². The normalized spacial score (nSPS) is 10.5. The molecule has 0 aliphatic heterocycles. The van der Waals surface area contributed by atoms with E-state index in [9.17, 15) is 9.90 Å². The number of nitrogens with zero attached hydrogens (tertiary/aromatic N) is 2. The van der Waals surface area contributed by atoms with Crippen LogP contribution in [0, 0.1) is 0 Å². The van der Waals surface area contributed by atoms with E-state index in [4.69, 9.17) is 4.74 Å². The number of methoxy groups -OCH3 is 1. The van der Waals surface area contributed by atoms with Gasteiger partial charge < -0.3 is 9.84 Å². The Bertz CT molecular complexity index is 540. The predicted octanol–water partition coefficient (Wildman–Crippen LogP) is 2.09. The van der Waals surface area contributed by atoms with Gasteiger partial charge in [-0.1, -0.05) is 6.07 Å². The Balaban J connectivity index is 2.39. The Hall–Kier alpha value is -1.79. The fourth-order valence-electron chi connectivity index (χ4n) is 1.48. The fraction of sp³-hybridized carbons (Fsp3) is 0.250. The maximum absolute atomic E-state index is 11.2. The van der Waals surface area contributed by atoms with Crippen molar-refractivity contribution in [3.8, 4) is 11.4 Å². The number of aromatic carboxylic acids is 1. The number of hydrogen-bond donors (Lipinski definition) is 1. The first-order valence-electron chi connectivity index (χ1n) is 5.35. The van der Waals surface area contributed by atoms with Gasteiger partial charge in [0, 0.05) is 19.7 Å². The molecule has 1 N–H and O–H groups in total. The van der Waals surface area contributed by atoms with Crippen molar-refractivity contribution in [2.75, 3.05) is 13.7 Å². The lowest BCUT2D eigenvalue weighted by Gasteiger charge is -1.96. The number of hydrogen-bond acceptors (Lipinski definition) is 5. The third-order valence-corrected chi connectivity index (χ3v) is 3.40. The molecule has 0 aliphatic rings. The number of carboxylic acid groups (broad SMARTS) is 1. The van der Waals surface area contributed by atoms with Crippen molar-refractivity contribution in [1.82, 2.24) is 9.97 Å². The third-order valence-electron chi connectivity index (χ3n) is 2.29. The summed E-state index contributed by atoms with van der Waals surface area (Å²) in [5, 5.41) is 9.92. The van der Waals surface area contributed by atoms with Gasteiger partial charge in [0.2, 0.25) is 0 Å². The SMILES string of the molecule is COCCc1nc(-c2ccccn2)c(C(=O)O)s1. The van der Waals surface area contributed by atoms with Gasteiger partial charge in [-0.15, -0.1) is 11.3 Å². The van der Waals surface area contributed by atoms with Crippen LogP contribution in [0.25, 0.3) is 11.4 Å². The molecule has 0 unspecified atom stereocenters. The van der Waals surface area contributed by atoms with E-state index in [0.29, 0.717) is 24.4 Å². The predicted molar refractivity (Wildman–Crippen MR) is 67.9 cm³/mol. The van der Waals surface area contributed by atoms with Crippen molar-refractivity contribution in [3.63, 3.8) is 0 Å². The average Bonchev–Trinajstić information content (AvgIpc) is 2.82. The molecule has 0 bridgehead atoms. The van der Waals surface area contributed by atoms with Crippen LogP contribution >= 0.6 is 11.3 Å². The standard InChI is InChI=1S/C12H12N2O3S/c1-17-7-5-9-14-10(11(18-9)12(15)16)8-4-2-3-6-13-8/h2-4,6H,5,7H2,1H3,(H,15,16). The Labute approximate surface area is 108 Å². The number of pyridine rings is 1. The lowest BCUT2D eigenvalue weighted by Crippen LogP contribution is -1.96. The first-order valence-corrected chi connectivity index (χ1v) is 6.17. The van der Waals surface area contributed by atoms with E-state index < -0.39 is 5.97 Å². The molecule has 0 fully saturated rings. The van der Waals surface area contributed by atoms with Crippen LogP contribution in [0.3, 0.4) is 0 Å². The lowest BCUT2D eigenvalue weighted by atomic mass is 10.2. The fourth-order valence-corrected chi connectivity index (χ4v) is 2.37. The Morgan fingerprint density at radius 1 is 1.50 bits per heavy atom. The molecule has 0 saturated heterocycles. The molecule has 5 nitrogen and oxygen atoms in total. The zero-order valence-electron chi connectivity index (χ0n) is 9.79. The van der Waals surface area contributed by atoms with Crippen molar-refractivity contribution in [2.24, 2.45) is 0 Å². The molecule has 94 valence electrons. The number of aromatic nitrogens is 2. The Morgan fingerprint density at radius 2 is 2.33 bits per heavy atom. The Kier molecular flexibility index (Phi) is 4.01. The second-order valence-electron chi connectivity index (χ2n) is 3.55. The molecule has 0 aliphatic carbocycles.